The first-order valence-electron chi connectivity index (χ1n) is 8.46. The number of pyridine rings is 1. The van der Waals surface area contributed by atoms with E-state index in [0.29, 0.717) is 0 Å². The van der Waals surface area contributed by atoms with E-state index >= 15 is 0 Å². The van der Waals surface area contributed by atoms with Gasteiger partial charge in [-0.25, -0.2) is 5.26 Å². The highest BCUT2D eigenvalue weighted by Crippen LogP contribution is 2.36. The summed E-state index contributed by atoms with van der Waals surface area (Å²) >= 11 is -0.480. The summed E-state index contributed by atoms with van der Waals surface area (Å²) in [7, 11) is 0. The second-order valence-corrected chi connectivity index (χ2v) is 7.29. The molecule has 0 saturated carbocycles. The second kappa shape index (κ2) is 6.00. The van der Waals surface area contributed by atoms with Gasteiger partial charge in [-0.3, -0.25) is 4.98 Å². The smallest absolute Gasteiger partial charge is 0.427 e. The van der Waals surface area contributed by atoms with Crippen molar-refractivity contribution in [3.63, 3.8) is 0 Å². The van der Waals surface area contributed by atoms with Gasteiger partial charge in [-0.1, -0.05) is 48.5 Å². The Morgan fingerprint density at radius 3 is 2.62 bits per heavy atom. The van der Waals surface area contributed by atoms with Crippen LogP contribution in [-0.2, 0) is 0 Å². The minimum Gasteiger partial charge on any atom is -0.427 e. The molecule has 0 saturated heterocycles. The molecule has 3 aromatic carbocycles. The first-order valence-corrected chi connectivity index (χ1v) is 9.56. The van der Waals surface area contributed by atoms with Crippen LogP contribution in [0, 0.1) is 10.2 Å². The van der Waals surface area contributed by atoms with Gasteiger partial charge in [0.05, 0.1) is 5.52 Å². The van der Waals surface area contributed by atoms with Crippen LogP contribution in [0.2, 0.25) is 0 Å². The van der Waals surface area contributed by atoms with Crippen molar-refractivity contribution < 1.29 is 0 Å². The highest BCUT2D eigenvalue weighted by molar-refractivity contribution is 6.47. The Kier molecular flexibility index (Phi) is 3.50. The van der Waals surface area contributed by atoms with Crippen molar-refractivity contribution in [1.29, 1.82) is 5.26 Å². The van der Waals surface area contributed by atoms with Gasteiger partial charge in [-0.15, -0.1) is 0 Å². The van der Waals surface area contributed by atoms with E-state index in [0.717, 1.165) is 33.1 Å². The van der Waals surface area contributed by atoms with Crippen molar-refractivity contribution in [3.8, 4) is 16.1 Å². The molecule has 119 valence electrons. The zero-order valence-corrected chi connectivity index (χ0v) is 15.1. The minimum absolute atomic E-state index is 0.480. The fraction of sp³-hybridized carbons (Fsp3) is 0. The molecule has 5 aromatic rings. The van der Waals surface area contributed by atoms with Gasteiger partial charge in [0.1, 0.15) is 0 Å². The number of aromatic nitrogens is 2. The summed E-state index contributed by atoms with van der Waals surface area (Å²) in [6.07, 6.45) is 1.94. The predicted octanol–water partition coefficient (Wildman–Crippen LogP) is 4.96. The number of benzene rings is 3. The van der Waals surface area contributed by atoms with Crippen LogP contribution in [0.15, 0.2) is 79.0 Å². The third-order valence-corrected chi connectivity index (χ3v) is 5.75. The van der Waals surface area contributed by atoms with Crippen molar-refractivity contribution in [2.24, 2.45) is 0 Å². The number of rotatable bonds is 2. The van der Waals surface area contributed by atoms with Crippen LogP contribution in [0.1, 0.15) is 0 Å². The normalized spacial score (nSPS) is 11.0. The zero-order valence-electron chi connectivity index (χ0n) is 13.9. The van der Waals surface area contributed by atoms with Gasteiger partial charge in [0.15, 0.2) is 0 Å². The maximum absolute atomic E-state index is 9.32. The van der Waals surface area contributed by atoms with Crippen LogP contribution < -0.4 is 0 Å². The Bertz CT molecular complexity index is 1330. The molecule has 0 aliphatic rings. The molecule has 0 atom stereocenters. The third-order valence-electron chi connectivity index (χ3n) is 4.82. The summed E-state index contributed by atoms with van der Waals surface area (Å²) in [6, 6.07) is 25.0. The van der Waals surface area contributed by atoms with E-state index in [1.165, 1.54) is 10.8 Å². The first kappa shape index (κ1) is 15.2. The number of nitrogens with zero attached hydrogens (tertiary/aromatic N) is 3. The summed E-state index contributed by atoms with van der Waals surface area (Å²) < 4.78 is 2.17. The standard InChI is InChI=1S/C21H13N2.CN.Al/c1-3-9-18-14(6-1)12-15(13-22-18)16-8-5-11-20-21(16)17-7-2-4-10-19(17)23-20;1-2;/h1-13H;;/q-1;;+1. The molecule has 26 heavy (non-hydrogen) atoms. The Balaban J connectivity index is 1.88. The van der Waals surface area contributed by atoms with Gasteiger partial charge < -0.3 is 3.55 Å². The van der Waals surface area contributed by atoms with Gasteiger partial charge in [0.25, 0.3) is 0 Å². The highest BCUT2D eigenvalue weighted by Gasteiger charge is 2.15. The molecule has 0 bridgehead atoms. The molecular weight excluding hydrogens is 333 g/mol. The van der Waals surface area contributed by atoms with Crippen LogP contribution in [0.3, 0.4) is 0 Å². The monoisotopic (exact) mass is 346 g/mol. The summed E-state index contributed by atoms with van der Waals surface area (Å²) in [5.74, 6) is 0. The van der Waals surface area contributed by atoms with Crippen molar-refractivity contribution in [2.75, 3.05) is 0 Å². The maximum Gasteiger partial charge on any atom is 0.545 e. The molecule has 5 rings (SSSR count). The Morgan fingerprint density at radius 2 is 1.69 bits per heavy atom. The molecule has 2 heterocycles. The van der Waals surface area contributed by atoms with E-state index in [4.69, 9.17) is 0 Å². The number of para-hydroxylation sites is 2. The SMILES string of the molecule is N#[C][Al][n]1c2ccccc2c2c(-c3cnc4ccccc4c3)cccc21. The van der Waals surface area contributed by atoms with Gasteiger partial charge in [0.2, 0.25) is 0 Å². The Hall–Kier alpha value is -3.11. The maximum atomic E-state index is 9.32. The van der Waals surface area contributed by atoms with Crippen molar-refractivity contribution in [3.05, 3.63) is 79.0 Å². The minimum atomic E-state index is -0.480. The van der Waals surface area contributed by atoms with E-state index in [1.54, 1.807) is 0 Å². The van der Waals surface area contributed by atoms with E-state index < -0.39 is 15.4 Å². The van der Waals surface area contributed by atoms with Crippen LogP contribution in [0.4, 0.5) is 0 Å². The molecule has 1 radical (unpaired) electrons. The molecule has 0 aliphatic heterocycles. The lowest BCUT2D eigenvalue weighted by Crippen LogP contribution is -2.02. The fourth-order valence-corrected chi connectivity index (χ4v) is 4.54. The summed E-state index contributed by atoms with van der Waals surface area (Å²) in [5, 5.41) is 12.8. The van der Waals surface area contributed by atoms with Gasteiger partial charge in [-0.2, -0.15) is 0 Å². The quantitative estimate of drug-likeness (QED) is 0.424. The van der Waals surface area contributed by atoms with Gasteiger partial charge >= 0.3 is 15.4 Å². The summed E-state index contributed by atoms with van der Waals surface area (Å²) in [4.78, 5) is 7.01. The van der Waals surface area contributed by atoms with Gasteiger partial charge in [0, 0.05) is 39.0 Å². The van der Waals surface area contributed by atoms with Crippen molar-refractivity contribution in [2.45, 2.75) is 0 Å². The lowest BCUT2D eigenvalue weighted by Gasteiger charge is -2.07. The Morgan fingerprint density at radius 1 is 0.885 bits per heavy atom. The molecule has 3 nitrogen and oxygen atoms in total. The molecule has 0 unspecified atom stereocenters. The number of fused-ring (bicyclic) bond motifs is 4. The van der Waals surface area contributed by atoms with E-state index in [9.17, 15) is 5.26 Å². The largest absolute Gasteiger partial charge is 0.545 e. The highest BCUT2D eigenvalue weighted by atomic mass is 27.1. The average molecular weight is 346 g/mol. The molecule has 0 N–H and O–H groups in total. The summed E-state index contributed by atoms with van der Waals surface area (Å²) in [5.41, 5.74) is 5.51. The molecule has 2 aromatic heterocycles. The Labute approximate surface area is 157 Å². The van der Waals surface area contributed by atoms with Crippen LogP contribution in [0.25, 0.3) is 43.8 Å². The van der Waals surface area contributed by atoms with Crippen molar-refractivity contribution in [1.82, 2.24) is 8.53 Å². The van der Waals surface area contributed by atoms with E-state index in [1.807, 2.05) is 30.5 Å². The predicted molar refractivity (Wildman–Crippen MR) is 107 cm³/mol. The topological polar surface area (TPSA) is 41.6 Å². The molecule has 0 aliphatic carbocycles. The fourth-order valence-electron chi connectivity index (χ4n) is 3.70. The number of hydrogen-bond acceptors (Lipinski definition) is 2. The zero-order chi connectivity index (χ0) is 17.5. The number of hydrogen-bond donors (Lipinski definition) is 0. The molecular formula is C22H13AlN3. The van der Waals surface area contributed by atoms with E-state index in [-0.39, 0.29) is 0 Å². The van der Waals surface area contributed by atoms with Crippen LogP contribution in [0.5, 0.6) is 0 Å². The second-order valence-electron chi connectivity index (χ2n) is 6.26. The molecule has 4 heteroatoms. The van der Waals surface area contributed by atoms with E-state index in [2.05, 4.69) is 62.0 Å². The van der Waals surface area contributed by atoms with Crippen LogP contribution in [-0.4, -0.2) is 24.0 Å². The first-order chi connectivity index (χ1) is 12.9. The lowest BCUT2D eigenvalue weighted by atomic mass is 9.99. The average Bonchev–Trinajstić information content (AvgIpc) is 3.02. The van der Waals surface area contributed by atoms with Gasteiger partial charge in [-0.05, 0) is 34.8 Å². The lowest BCUT2D eigenvalue weighted by molar-refractivity contribution is 1.36. The molecule has 0 fully saturated rings. The van der Waals surface area contributed by atoms with Crippen molar-refractivity contribution >= 4 is 48.1 Å². The third kappa shape index (κ3) is 2.23. The molecule has 0 spiro atoms. The molecule has 0 amide bonds. The summed E-state index contributed by atoms with van der Waals surface area (Å²) in [6.45, 7) is 0. The number of nitriles is 1. The van der Waals surface area contributed by atoms with Crippen LogP contribution >= 0.6 is 0 Å².